The Labute approximate surface area is 158 Å². The van der Waals surface area contributed by atoms with Crippen LogP contribution < -0.4 is 5.32 Å². The maximum Gasteiger partial charge on any atom is 0.253 e. The fourth-order valence-corrected chi connectivity index (χ4v) is 3.53. The maximum absolute atomic E-state index is 12.5. The minimum atomic E-state index is -0.114. The summed E-state index contributed by atoms with van der Waals surface area (Å²) in [5, 5.41) is 5.11. The first-order valence-corrected chi connectivity index (χ1v) is 9.36. The van der Waals surface area contributed by atoms with Crippen LogP contribution in [-0.4, -0.2) is 29.8 Å². The van der Waals surface area contributed by atoms with Gasteiger partial charge in [-0.25, -0.2) is 0 Å². The van der Waals surface area contributed by atoms with Gasteiger partial charge >= 0.3 is 0 Å². The number of nitrogens with one attached hydrogen (secondary N) is 1. The highest BCUT2D eigenvalue weighted by atomic mass is 16.2. The third-order valence-electron chi connectivity index (χ3n) is 5.03. The largest absolute Gasteiger partial charge is 0.348 e. The van der Waals surface area contributed by atoms with Gasteiger partial charge in [-0.1, -0.05) is 42.5 Å². The molecular weight excluding hydrogens is 336 g/mol. The first-order valence-electron chi connectivity index (χ1n) is 9.36. The zero-order valence-corrected chi connectivity index (χ0v) is 15.2. The summed E-state index contributed by atoms with van der Waals surface area (Å²) in [7, 11) is 0. The van der Waals surface area contributed by atoms with Crippen molar-refractivity contribution >= 4 is 22.6 Å². The molecular formula is C23H22N2O2. The smallest absolute Gasteiger partial charge is 0.253 e. The van der Waals surface area contributed by atoms with Crippen LogP contribution in [0.5, 0.6) is 0 Å². The van der Waals surface area contributed by atoms with E-state index < -0.39 is 0 Å². The molecule has 4 heteroatoms. The quantitative estimate of drug-likeness (QED) is 0.766. The van der Waals surface area contributed by atoms with E-state index in [-0.39, 0.29) is 11.8 Å². The van der Waals surface area contributed by atoms with E-state index in [1.165, 1.54) is 0 Å². The number of fused-ring (bicyclic) bond motifs is 1. The number of nitrogens with zero attached hydrogens (tertiary/aromatic N) is 1. The lowest BCUT2D eigenvalue weighted by molar-refractivity contribution is 0.0792. The van der Waals surface area contributed by atoms with Crippen LogP contribution in [0.25, 0.3) is 10.8 Å². The van der Waals surface area contributed by atoms with Crippen LogP contribution in [-0.2, 0) is 6.54 Å². The maximum atomic E-state index is 12.5. The Balaban J connectivity index is 1.43. The van der Waals surface area contributed by atoms with Crippen molar-refractivity contribution in [1.82, 2.24) is 10.2 Å². The summed E-state index contributed by atoms with van der Waals surface area (Å²) < 4.78 is 0. The summed E-state index contributed by atoms with van der Waals surface area (Å²) in [5.41, 5.74) is 2.25. The molecule has 1 N–H and O–H groups in total. The zero-order chi connectivity index (χ0) is 18.6. The summed E-state index contributed by atoms with van der Waals surface area (Å²) in [6.07, 6.45) is 2.15. The molecule has 1 heterocycles. The topological polar surface area (TPSA) is 49.4 Å². The van der Waals surface area contributed by atoms with Crippen molar-refractivity contribution in [2.75, 3.05) is 13.1 Å². The van der Waals surface area contributed by atoms with Crippen molar-refractivity contribution in [3.8, 4) is 0 Å². The predicted molar refractivity (Wildman–Crippen MR) is 107 cm³/mol. The van der Waals surface area contributed by atoms with Crippen molar-refractivity contribution in [1.29, 1.82) is 0 Å². The Morgan fingerprint density at radius 1 is 0.815 bits per heavy atom. The molecule has 3 aromatic carbocycles. The molecule has 0 radical (unpaired) electrons. The van der Waals surface area contributed by atoms with Crippen LogP contribution in [0.1, 0.15) is 39.1 Å². The minimum Gasteiger partial charge on any atom is -0.348 e. The molecule has 0 bridgehead atoms. The number of amides is 2. The van der Waals surface area contributed by atoms with Crippen molar-refractivity contribution in [2.45, 2.75) is 19.4 Å². The number of carbonyl (C=O) groups is 2. The SMILES string of the molecule is O=C(NCc1cccc(C(=O)N2CCCC2)c1)c1ccc2ccccc2c1. The van der Waals surface area contributed by atoms with E-state index in [9.17, 15) is 9.59 Å². The number of hydrogen-bond donors (Lipinski definition) is 1. The van der Waals surface area contributed by atoms with E-state index in [4.69, 9.17) is 0 Å². The van der Waals surface area contributed by atoms with Crippen molar-refractivity contribution in [2.24, 2.45) is 0 Å². The lowest BCUT2D eigenvalue weighted by atomic mass is 10.1. The molecule has 1 aliphatic heterocycles. The van der Waals surface area contributed by atoms with Crippen LogP contribution in [0, 0.1) is 0 Å². The molecule has 136 valence electrons. The molecule has 0 unspecified atom stereocenters. The third kappa shape index (κ3) is 3.85. The van der Waals surface area contributed by atoms with Crippen molar-refractivity contribution in [3.63, 3.8) is 0 Å². The van der Waals surface area contributed by atoms with E-state index in [1.54, 1.807) is 0 Å². The second-order valence-corrected chi connectivity index (χ2v) is 6.94. The number of rotatable bonds is 4. The Kier molecular flexibility index (Phi) is 4.88. The van der Waals surface area contributed by atoms with Gasteiger partial charge in [0.25, 0.3) is 11.8 Å². The van der Waals surface area contributed by atoms with Crippen LogP contribution in [0.15, 0.2) is 66.7 Å². The standard InChI is InChI=1S/C23H22N2O2/c26-22(20-11-10-18-7-1-2-8-19(18)15-20)24-16-17-6-5-9-21(14-17)23(27)25-12-3-4-13-25/h1-2,5-11,14-15H,3-4,12-13,16H2,(H,24,26). The van der Waals surface area contributed by atoms with Crippen molar-refractivity contribution < 1.29 is 9.59 Å². The van der Waals surface area contributed by atoms with E-state index in [1.807, 2.05) is 71.6 Å². The van der Waals surface area contributed by atoms with E-state index in [0.717, 1.165) is 42.3 Å². The summed E-state index contributed by atoms with van der Waals surface area (Å²) >= 11 is 0. The lowest BCUT2D eigenvalue weighted by Crippen LogP contribution is -2.28. The van der Waals surface area contributed by atoms with Crippen molar-refractivity contribution in [3.05, 3.63) is 83.4 Å². The molecule has 27 heavy (non-hydrogen) atoms. The van der Waals surface area contributed by atoms with Gasteiger partial charge in [-0.05, 0) is 53.4 Å². The highest BCUT2D eigenvalue weighted by Crippen LogP contribution is 2.16. The highest BCUT2D eigenvalue weighted by molar-refractivity contribution is 5.98. The van der Waals surface area contributed by atoms with Crippen LogP contribution in [0.2, 0.25) is 0 Å². The number of carbonyl (C=O) groups excluding carboxylic acids is 2. The molecule has 0 atom stereocenters. The van der Waals surface area contributed by atoms with Gasteiger partial charge in [-0.2, -0.15) is 0 Å². The zero-order valence-electron chi connectivity index (χ0n) is 15.2. The molecule has 2 amide bonds. The fourth-order valence-electron chi connectivity index (χ4n) is 3.53. The summed E-state index contributed by atoms with van der Waals surface area (Å²) in [4.78, 5) is 26.9. The van der Waals surface area contributed by atoms with Crippen LogP contribution >= 0.6 is 0 Å². The molecule has 1 saturated heterocycles. The van der Waals surface area contributed by atoms with Gasteiger partial charge in [0, 0.05) is 30.8 Å². The van der Waals surface area contributed by atoms with Gasteiger partial charge in [0.1, 0.15) is 0 Å². The molecule has 0 spiro atoms. The van der Waals surface area contributed by atoms with E-state index >= 15 is 0 Å². The Bertz CT molecular complexity index is 990. The predicted octanol–water partition coefficient (Wildman–Crippen LogP) is 4.01. The molecule has 0 aliphatic carbocycles. The van der Waals surface area contributed by atoms with Gasteiger partial charge in [-0.3, -0.25) is 9.59 Å². The molecule has 0 saturated carbocycles. The molecule has 0 aromatic heterocycles. The van der Waals surface area contributed by atoms with Gasteiger partial charge < -0.3 is 10.2 Å². The number of benzene rings is 3. The van der Waals surface area contributed by atoms with E-state index in [0.29, 0.717) is 17.7 Å². The number of hydrogen-bond acceptors (Lipinski definition) is 2. The highest BCUT2D eigenvalue weighted by Gasteiger charge is 2.19. The molecule has 4 rings (SSSR count). The van der Waals surface area contributed by atoms with Crippen LogP contribution in [0.4, 0.5) is 0 Å². The lowest BCUT2D eigenvalue weighted by Gasteiger charge is -2.15. The molecule has 1 fully saturated rings. The average molecular weight is 358 g/mol. The average Bonchev–Trinajstić information content (AvgIpc) is 3.26. The monoisotopic (exact) mass is 358 g/mol. The van der Waals surface area contributed by atoms with Gasteiger partial charge in [0.05, 0.1) is 0 Å². The molecule has 3 aromatic rings. The number of likely N-dealkylation sites (tertiary alicyclic amines) is 1. The Hall–Kier alpha value is -3.14. The Morgan fingerprint density at radius 3 is 2.41 bits per heavy atom. The van der Waals surface area contributed by atoms with E-state index in [2.05, 4.69) is 5.32 Å². The second-order valence-electron chi connectivity index (χ2n) is 6.94. The second kappa shape index (κ2) is 7.62. The normalized spacial score (nSPS) is 13.7. The first kappa shape index (κ1) is 17.3. The first-order chi connectivity index (χ1) is 13.2. The van der Waals surface area contributed by atoms with Gasteiger partial charge in [0.15, 0.2) is 0 Å². The minimum absolute atomic E-state index is 0.0789. The van der Waals surface area contributed by atoms with Gasteiger partial charge in [-0.15, -0.1) is 0 Å². The fraction of sp³-hybridized carbons (Fsp3) is 0.217. The summed E-state index contributed by atoms with van der Waals surface area (Å²) in [6, 6.07) is 21.2. The molecule has 4 nitrogen and oxygen atoms in total. The Morgan fingerprint density at radius 2 is 1.59 bits per heavy atom. The summed E-state index contributed by atoms with van der Waals surface area (Å²) in [5.74, 6) is -0.0350. The van der Waals surface area contributed by atoms with Crippen LogP contribution in [0.3, 0.4) is 0 Å². The molecule has 1 aliphatic rings. The van der Waals surface area contributed by atoms with Gasteiger partial charge in [0.2, 0.25) is 0 Å². The third-order valence-corrected chi connectivity index (χ3v) is 5.03. The summed E-state index contributed by atoms with van der Waals surface area (Å²) in [6.45, 7) is 2.07.